The zero-order chi connectivity index (χ0) is 10.8. The third-order valence-electron chi connectivity index (χ3n) is 1.81. The fourth-order valence-corrected chi connectivity index (χ4v) is 1.22. The van der Waals surface area contributed by atoms with E-state index in [9.17, 15) is 4.79 Å². The number of hydrogen-bond donors (Lipinski definition) is 1. The van der Waals surface area contributed by atoms with Crippen molar-refractivity contribution < 1.29 is 4.79 Å². The Kier molecular flexibility index (Phi) is 2.94. The number of rotatable bonds is 2. The average Bonchev–Trinajstić information content (AvgIpc) is 2.02. The van der Waals surface area contributed by atoms with Crippen LogP contribution >= 0.6 is 0 Å². The lowest BCUT2D eigenvalue weighted by Crippen LogP contribution is -2.25. The first-order chi connectivity index (χ1) is 6.38. The van der Waals surface area contributed by atoms with Crippen molar-refractivity contribution >= 4 is 11.5 Å². The number of anilines is 1. The maximum atomic E-state index is 11.0. The molecule has 0 unspecified atom stereocenters. The lowest BCUT2D eigenvalue weighted by atomic mass is 10.1. The Hall–Kier alpha value is -1.31. The molecule has 0 saturated heterocycles. The van der Waals surface area contributed by atoms with Crippen LogP contribution < -0.4 is 5.32 Å². The molecule has 1 aromatic carbocycles. The SMILES string of the molecule is CC(=O)c1ccc(NC(C)(C)C)cc1. The van der Waals surface area contributed by atoms with Gasteiger partial charge in [0.1, 0.15) is 0 Å². The van der Waals surface area contributed by atoms with Crippen LogP contribution in [-0.4, -0.2) is 11.3 Å². The van der Waals surface area contributed by atoms with E-state index in [0.29, 0.717) is 0 Å². The molecule has 0 heterocycles. The minimum atomic E-state index is 0.0533. The van der Waals surface area contributed by atoms with Crippen LogP contribution in [0.15, 0.2) is 24.3 Å². The number of ketones is 1. The van der Waals surface area contributed by atoms with Gasteiger partial charge in [-0.2, -0.15) is 0 Å². The van der Waals surface area contributed by atoms with Crippen LogP contribution in [0, 0.1) is 0 Å². The number of carbonyl (C=O) groups excluding carboxylic acids is 1. The van der Waals surface area contributed by atoms with Gasteiger partial charge in [-0.25, -0.2) is 0 Å². The maximum Gasteiger partial charge on any atom is 0.159 e. The molecule has 1 rings (SSSR count). The molecule has 2 nitrogen and oxygen atoms in total. The van der Waals surface area contributed by atoms with E-state index in [0.717, 1.165) is 11.3 Å². The molecule has 2 heteroatoms. The molecule has 0 aromatic heterocycles. The standard InChI is InChI=1S/C12H17NO/c1-9(14)10-5-7-11(8-6-10)13-12(2,3)4/h5-8,13H,1-4H3. The summed E-state index contributed by atoms with van der Waals surface area (Å²) in [6.45, 7) is 7.88. The predicted molar refractivity (Wildman–Crippen MR) is 59.8 cm³/mol. The van der Waals surface area contributed by atoms with Gasteiger partial charge in [0.25, 0.3) is 0 Å². The van der Waals surface area contributed by atoms with Crippen molar-refractivity contribution in [3.05, 3.63) is 29.8 Å². The highest BCUT2D eigenvalue weighted by Crippen LogP contribution is 2.15. The van der Waals surface area contributed by atoms with E-state index in [4.69, 9.17) is 0 Å². The first-order valence-electron chi connectivity index (χ1n) is 4.78. The molecule has 0 bridgehead atoms. The average molecular weight is 191 g/mol. The van der Waals surface area contributed by atoms with Crippen molar-refractivity contribution in [3.8, 4) is 0 Å². The Morgan fingerprint density at radius 2 is 1.64 bits per heavy atom. The van der Waals surface area contributed by atoms with Gasteiger partial charge >= 0.3 is 0 Å². The first kappa shape index (κ1) is 10.8. The lowest BCUT2D eigenvalue weighted by molar-refractivity contribution is 0.101. The maximum absolute atomic E-state index is 11.0. The Morgan fingerprint density at radius 3 is 2.00 bits per heavy atom. The van der Waals surface area contributed by atoms with E-state index in [1.54, 1.807) is 6.92 Å². The van der Waals surface area contributed by atoms with Gasteiger partial charge in [-0.05, 0) is 52.0 Å². The summed E-state index contributed by atoms with van der Waals surface area (Å²) < 4.78 is 0. The summed E-state index contributed by atoms with van der Waals surface area (Å²) in [5.41, 5.74) is 1.85. The smallest absolute Gasteiger partial charge is 0.159 e. The van der Waals surface area contributed by atoms with Crippen LogP contribution in [0.5, 0.6) is 0 Å². The van der Waals surface area contributed by atoms with Crippen molar-refractivity contribution in [2.75, 3.05) is 5.32 Å². The fraction of sp³-hybridized carbons (Fsp3) is 0.417. The molecule has 0 radical (unpaired) electrons. The highest BCUT2D eigenvalue weighted by atomic mass is 16.1. The summed E-state index contributed by atoms with van der Waals surface area (Å²) in [7, 11) is 0. The number of nitrogens with one attached hydrogen (secondary N) is 1. The quantitative estimate of drug-likeness (QED) is 0.728. The van der Waals surface area contributed by atoms with E-state index < -0.39 is 0 Å². The van der Waals surface area contributed by atoms with E-state index in [1.165, 1.54) is 0 Å². The second-order valence-corrected chi connectivity index (χ2v) is 4.51. The lowest BCUT2D eigenvalue weighted by Gasteiger charge is -2.22. The summed E-state index contributed by atoms with van der Waals surface area (Å²) in [5, 5.41) is 3.34. The second-order valence-electron chi connectivity index (χ2n) is 4.51. The molecule has 1 aromatic rings. The zero-order valence-electron chi connectivity index (χ0n) is 9.22. The van der Waals surface area contributed by atoms with Crippen LogP contribution in [0.3, 0.4) is 0 Å². The Labute approximate surface area is 85.3 Å². The van der Waals surface area contributed by atoms with Crippen molar-refractivity contribution in [1.82, 2.24) is 0 Å². The first-order valence-corrected chi connectivity index (χ1v) is 4.78. The predicted octanol–water partition coefficient (Wildman–Crippen LogP) is 3.10. The second kappa shape index (κ2) is 3.82. The Morgan fingerprint density at radius 1 is 1.14 bits per heavy atom. The van der Waals surface area contributed by atoms with Gasteiger partial charge in [0.05, 0.1) is 0 Å². The zero-order valence-corrected chi connectivity index (χ0v) is 9.22. The van der Waals surface area contributed by atoms with Crippen LogP contribution in [0.1, 0.15) is 38.1 Å². The topological polar surface area (TPSA) is 29.1 Å². The molecular weight excluding hydrogens is 174 g/mol. The van der Waals surface area contributed by atoms with E-state index in [1.807, 2.05) is 24.3 Å². The molecule has 0 aliphatic carbocycles. The summed E-state index contributed by atoms with van der Waals surface area (Å²) in [5.74, 6) is 0.104. The molecule has 0 saturated carbocycles. The van der Waals surface area contributed by atoms with Crippen molar-refractivity contribution in [2.45, 2.75) is 33.2 Å². The molecule has 0 amide bonds. The van der Waals surface area contributed by atoms with E-state index >= 15 is 0 Å². The van der Waals surface area contributed by atoms with Crippen LogP contribution in [0.4, 0.5) is 5.69 Å². The van der Waals surface area contributed by atoms with Crippen LogP contribution in [0.2, 0.25) is 0 Å². The van der Waals surface area contributed by atoms with E-state index in [2.05, 4.69) is 26.1 Å². The number of Topliss-reactive ketones (excluding diaryl/α,β-unsaturated/α-hetero) is 1. The molecule has 14 heavy (non-hydrogen) atoms. The van der Waals surface area contributed by atoms with Gasteiger partial charge in [0, 0.05) is 16.8 Å². The molecule has 0 atom stereocenters. The molecule has 0 spiro atoms. The third kappa shape index (κ3) is 3.21. The number of benzene rings is 1. The summed E-state index contributed by atoms with van der Waals surface area (Å²) in [6.07, 6.45) is 0. The molecule has 0 aliphatic heterocycles. The number of hydrogen-bond acceptors (Lipinski definition) is 2. The molecule has 0 aliphatic rings. The summed E-state index contributed by atoms with van der Waals surface area (Å²) >= 11 is 0. The summed E-state index contributed by atoms with van der Waals surface area (Å²) in [6, 6.07) is 7.55. The molecular formula is C12H17NO. The van der Waals surface area contributed by atoms with Gasteiger partial charge in [-0.15, -0.1) is 0 Å². The van der Waals surface area contributed by atoms with Crippen LogP contribution in [-0.2, 0) is 0 Å². The molecule has 1 N–H and O–H groups in total. The number of carbonyl (C=O) groups is 1. The normalized spacial score (nSPS) is 11.1. The molecule has 76 valence electrons. The summed E-state index contributed by atoms with van der Waals surface area (Å²) in [4.78, 5) is 11.0. The fourth-order valence-electron chi connectivity index (χ4n) is 1.22. The van der Waals surface area contributed by atoms with Gasteiger partial charge in [-0.3, -0.25) is 4.79 Å². The van der Waals surface area contributed by atoms with Gasteiger partial charge in [0.15, 0.2) is 5.78 Å². The van der Waals surface area contributed by atoms with Crippen molar-refractivity contribution in [1.29, 1.82) is 0 Å². The van der Waals surface area contributed by atoms with Gasteiger partial charge < -0.3 is 5.32 Å². The highest BCUT2D eigenvalue weighted by Gasteiger charge is 2.08. The van der Waals surface area contributed by atoms with Crippen molar-refractivity contribution in [3.63, 3.8) is 0 Å². The largest absolute Gasteiger partial charge is 0.380 e. The Bertz CT molecular complexity index is 319. The minimum Gasteiger partial charge on any atom is -0.380 e. The Balaban J connectivity index is 2.79. The minimum absolute atomic E-state index is 0.0533. The highest BCUT2D eigenvalue weighted by molar-refractivity contribution is 5.94. The van der Waals surface area contributed by atoms with Gasteiger partial charge in [0.2, 0.25) is 0 Å². The van der Waals surface area contributed by atoms with Crippen LogP contribution in [0.25, 0.3) is 0 Å². The third-order valence-corrected chi connectivity index (χ3v) is 1.81. The van der Waals surface area contributed by atoms with E-state index in [-0.39, 0.29) is 11.3 Å². The van der Waals surface area contributed by atoms with Gasteiger partial charge in [-0.1, -0.05) is 0 Å². The molecule has 0 fully saturated rings. The monoisotopic (exact) mass is 191 g/mol. The van der Waals surface area contributed by atoms with Crippen molar-refractivity contribution in [2.24, 2.45) is 0 Å².